The molecule has 0 unspecified atom stereocenters. The highest BCUT2D eigenvalue weighted by atomic mass is 16.4. The van der Waals surface area contributed by atoms with Crippen molar-refractivity contribution in [3.05, 3.63) is 33.9 Å². The van der Waals surface area contributed by atoms with Crippen LogP contribution in [0.15, 0.2) is 6.07 Å². The van der Waals surface area contributed by atoms with Gasteiger partial charge in [-0.05, 0) is 54.0 Å². The van der Waals surface area contributed by atoms with Crippen LogP contribution in [-0.4, -0.2) is 5.97 Å². The molecule has 0 amide bonds. The monoisotopic (exact) mass is 307 g/mol. The maximum atomic E-state index is 11.6. The van der Waals surface area contributed by atoms with Crippen molar-refractivity contribution in [1.82, 2.24) is 6.15 Å². The zero-order valence-corrected chi connectivity index (χ0v) is 15.1. The van der Waals surface area contributed by atoms with Crippen molar-refractivity contribution in [2.75, 3.05) is 0 Å². The average molecular weight is 307 g/mol. The van der Waals surface area contributed by atoms with Crippen LogP contribution in [0.4, 0.5) is 0 Å². The molecule has 0 atom stereocenters. The fourth-order valence-electron chi connectivity index (χ4n) is 3.21. The molecule has 0 saturated carbocycles. The zero-order valence-electron chi connectivity index (χ0n) is 15.1. The summed E-state index contributed by atoms with van der Waals surface area (Å²) in [7, 11) is 0. The Labute approximate surface area is 135 Å². The standard InChI is InChI=1S/C19H30O2.H3N/c1-5-9-14-13-18(19(20)21)17(12-8-4)16(11-7-3)15(14)10-6-2;/h13H,5-12H2,1-4H3,(H,20,21);1H3. The minimum Gasteiger partial charge on any atom is -0.545 e. The van der Waals surface area contributed by atoms with Gasteiger partial charge >= 0.3 is 0 Å². The summed E-state index contributed by atoms with van der Waals surface area (Å²) in [5.41, 5.74) is 5.40. The normalized spacial score (nSPS) is 10.4. The Morgan fingerprint density at radius 2 is 1.27 bits per heavy atom. The smallest absolute Gasteiger partial charge is 0.0718 e. The van der Waals surface area contributed by atoms with Crippen LogP contribution in [-0.2, 0) is 25.7 Å². The number of carboxylic acid groups (broad SMARTS) is 1. The summed E-state index contributed by atoms with van der Waals surface area (Å²) >= 11 is 0. The summed E-state index contributed by atoms with van der Waals surface area (Å²) in [6.07, 6.45) is 7.98. The van der Waals surface area contributed by atoms with Crippen LogP contribution in [0.5, 0.6) is 0 Å². The Bertz CT molecular complexity index is 481. The van der Waals surface area contributed by atoms with E-state index in [0.29, 0.717) is 5.56 Å². The molecule has 0 fully saturated rings. The van der Waals surface area contributed by atoms with Gasteiger partial charge in [0.2, 0.25) is 0 Å². The van der Waals surface area contributed by atoms with Gasteiger partial charge in [-0.3, -0.25) is 0 Å². The number of quaternary nitrogens is 1. The van der Waals surface area contributed by atoms with Crippen LogP contribution in [0.2, 0.25) is 0 Å². The molecule has 1 aromatic carbocycles. The SMILES string of the molecule is CCCc1cc(C(=O)[O-])c(CCC)c(CCC)c1CCC.[NH4+]. The van der Waals surface area contributed by atoms with Gasteiger partial charge < -0.3 is 16.1 Å². The third kappa shape index (κ3) is 4.84. The van der Waals surface area contributed by atoms with E-state index >= 15 is 0 Å². The molecule has 0 saturated heterocycles. The van der Waals surface area contributed by atoms with Crippen LogP contribution in [0.3, 0.4) is 0 Å². The molecule has 1 rings (SSSR count). The number of benzene rings is 1. The zero-order chi connectivity index (χ0) is 15.8. The Kier molecular flexibility index (Phi) is 9.75. The molecule has 0 aromatic heterocycles. The van der Waals surface area contributed by atoms with Crippen molar-refractivity contribution in [2.24, 2.45) is 0 Å². The Balaban J connectivity index is 0.00000441. The molecule has 0 aliphatic rings. The first kappa shape index (κ1) is 20.6. The van der Waals surface area contributed by atoms with Gasteiger partial charge in [0.25, 0.3) is 0 Å². The minimum absolute atomic E-state index is 0. The maximum Gasteiger partial charge on any atom is 0.0718 e. The molecule has 0 aliphatic heterocycles. The van der Waals surface area contributed by atoms with Crippen molar-refractivity contribution in [3.63, 3.8) is 0 Å². The number of rotatable bonds is 9. The van der Waals surface area contributed by atoms with E-state index in [9.17, 15) is 9.90 Å². The average Bonchev–Trinajstić information content (AvgIpc) is 2.44. The number of carbonyl (C=O) groups is 1. The first-order chi connectivity index (χ1) is 10.1. The van der Waals surface area contributed by atoms with E-state index in [2.05, 4.69) is 27.7 Å². The fourth-order valence-corrected chi connectivity index (χ4v) is 3.21. The summed E-state index contributed by atoms with van der Waals surface area (Å²) in [4.78, 5) is 11.6. The lowest BCUT2D eigenvalue weighted by Crippen LogP contribution is -2.25. The summed E-state index contributed by atoms with van der Waals surface area (Å²) in [6.45, 7) is 8.61. The first-order valence-corrected chi connectivity index (χ1v) is 8.48. The number of carbonyl (C=O) groups excluding carboxylic acids is 1. The molecule has 3 nitrogen and oxygen atoms in total. The van der Waals surface area contributed by atoms with E-state index in [1.807, 2.05) is 6.07 Å². The van der Waals surface area contributed by atoms with Gasteiger partial charge in [-0.15, -0.1) is 0 Å². The van der Waals surface area contributed by atoms with Crippen molar-refractivity contribution < 1.29 is 9.90 Å². The largest absolute Gasteiger partial charge is 0.545 e. The third-order valence-electron chi connectivity index (χ3n) is 4.00. The molecule has 1 aromatic rings. The van der Waals surface area contributed by atoms with Gasteiger partial charge in [-0.1, -0.05) is 53.4 Å². The predicted molar refractivity (Wildman–Crippen MR) is 92.7 cm³/mol. The molecule has 3 heteroatoms. The lowest BCUT2D eigenvalue weighted by Gasteiger charge is -2.23. The number of aryl methyl sites for hydroxylation is 1. The van der Waals surface area contributed by atoms with Gasteiger partial charge in [0.15, 0.2) is 0 Å². The number of carboxylic acids is 1. The van der Waals surface area contributed by atoms with E-state index in [1.165, 1.54) is 16.7 Å². The highest BCUT2D eigenvalue weighted by Gasteiger charge is 2.16. The van der Waals surface area contributed by atoms with Crippen LogP contribution < -0.4 is 11.3 Å². The van der Waals surface area contributed by atoms with Crippen LogP contribution in [0.25, 0.3) is 0 Å². The lowest BCUT2D eigenvalue weighted by molar-refractivity contribution is -0.255. The number of hydrogen-bond donors (Lipinski definition) is 1. The second-order valence-electron chi connectivity index (χ2n) is 5.81. The van der Waals surface area contributed by atoms with Crippen molar-refractivity contribution in [2.45, 2.75) is 79.1 Å². The van der Waals surface area contributed by atoms with E-state index in [0.717, 1.165) is 56.9 Å². The molecule has 126 valence electrons. The van der Waals surface area contributed by atoms with Gasteiger partial charge in [0.05, 0.1) is 5.97 Å². The van der Waals surface area contributed by atoms with Gasteiger partial charge in [-0.2, -0.15) is 0 Å². The third-order valence-corrected chi connectivity index (χ3v) is 4.00. The molecule has 0 heterocycles. The fraction of sp³-hybridized carbons (Fsp3) is 0.632. The Hall–Kier alpha value is -1.35. The van der Waals surface area contributed by atoms with E-state index in [-0.39, 0.29) is 6.15 Å². The summed E-state index contributed by atoms with van der Waals surface area (Å²) in [6, 6.07) is 1.90. The Morgan fingerprint density at radius 3 is 1.73 bits per heavy atom. The summed E-state index contributed by atoms with van der Waals surface area (Å²) in [5, 5.41) is 11.6. The van der Waals surface area contributed by atoms with E-state index in [1.54, 1.807) is 0 Å². The summed E-state index contributed by atoms with van der Waals surface area (Å²) < 4.78 is 0. The number of aromatic carboxylic acids is 1. The summed E-state index contributed by atoms with van der Waals surface area (Å²) in [5.74, 6) is -1.02. The molecule has 22 heavy (non-hydrogen) atoms. The van der Waals surface area contributed by atoms with Crippen LogP contribution in [0.1, 0.15) is 86.0 Å². The molecule has 0 bridgehead atoms. The minimum atomic E-state index is -1.02. The molecule has 4 N–H and O–H groups in total. The van der Waals surface area contributed by atoms with Crippen molar-refractivity contribution in [1.29, 1.82) is 0 Å². The first-order valence-electron chi connectivity index (χ1n) is 8.48. The van der Waals surface area contributed by atoms with E-state index < -0.39 is 5.97 Å². The molecular formula is C19H33NO2. The topological polar surface area (TPSA) is 76.6 Å². The van der Waals surface area contributed by atoms with Gasteiger partial charge in [0, 0.05) is 5.56 Å². The molecular weight excluding hydrogens is 274 g/mol. The second kappa shape index (κ2) is 10.4. The van der Waals surface area contributed by atoms with Gasteiger partial charge in [0.1, 0.15) is 0 Å². The lowest BCUT2D eigenvalue weighted by atomic mass is 9.84. The highest BCUT2D eigenvalue weighted by molar-refractivity contribution is 5.89. The predicted octanol–water partition coefficient (Wildman–Crippen LogP) is 4.24. The highest BCUT2D eigenvalue weighted by Crippen LogP contribution is 2.28. The number of hydrogen-bond acceptors (Lipinski definition) is 2. The van der Waals surface area contributed by atoms with Gasteiger partial charge in [-0.25, -0.2) is 0 Å². The Morgan fingerprint density at radius 1 is 0.818 bits per heavy atom. The molecule has 0 spiro atoms. The van der Waals surface area contributed by atoms with Crippen molar-refractivity contribution in [3.8, 4) is 0 Å². The maximum absolute atomic E-state index is 11.6. The quantitative estimate of drug-likeness (QED) is 0.741. The van der Waals surface area contributed by atoms with Crippen molar-refractivity contribution >= 4 is 5.97 Å². The molecule has 0 radical (unpaired) electrons. The second-order valence-corrected chi connectivity index (χ2v) is 5.81. The van der Waals surface area contributed by atoms with E-state index in [4.69, 9.17) is 0 Å². The van der Waals surface area contributed by atoms with Crippen LogP contribution >= 0.6 is 0 Å². The molecule has 0 aliphatic carbocycles. The van der Waals surface area contributed by atoms with Crippen LogP contribution in [0, 0.1) is 0 Å².